The summed E-state index contributed by atoms with van der Waals surface area (Å²) >= 11 is 5.89. The Bertz CT molecular complexity index is 506. The van der Waals surface area contributed by atoms with Crippen molar-refractivity contribution >= 4 is 21.6 Å². The summed E-state index contributed by atoms with van der Waals surface area (Å²) in [5.41, 5.74) is 0. The van der Waals surface area contributed by atoms with E-state index in [9.17, 15) is 13.5 Å². The van der Waals surface area contributed by atoms with Crippen molar-refractivity contribution < 1.29 is 13.5 Å². The van der Waals surface area contributed by atoms with E-state index in [1.165, 1.54) is 15.2 Å². The second-order valence-electron chi connectivity index (χ2n) is 4.09. The van der Waals surface area contributed by atoms with Crippen LogP contribution in [0, 0.1) is 0 Å². The molecule has 1 saturated heterocycles. The minimum absolute atomic E-state index is 0.108. The zero-order valence-electron chi connectivity index (χ0n) is 9.37. The Morgan fingerprint density at radius 3 is 2.53 bits per heavy atom. The third kappa shape index (κ3) is 2.33. The molecule has 0 aromatic carbocycles. The van der Waals surface area contributed by atoms with Gasteiger partial charge in [-0.2, -0.15) is 4.31 Å². The van der Waals surface area contributed by atoms with E-state index in [1.54, 1.807) is 7.05 Å². The van der Waals surface area contributed by atoms with Crippen LogP contribution in [-0.4, -0.2) is 46.6 Å². The Morgan fingerprint density at radius 1 is 1.47 bits per heavy atom. The standard InChI is InChI=1S/C9H14ClN3O3S/c1-12-6-11-9(8(12)10)17(15,16)13-4-2-7(14)3-5-13/h6-7,14H,2-5H2,1H3. The summed E-state index contributed by atoms with van der Waals surface area (Å²) in [6.45, 7) is 0.604. The number of hydrogen-bond acceptors (Lipinski definition) is 4. The number of aryl methyl sites for hydroxylation is 1. The van der Waals surface area contributed by atoms with Crippen LogP contribution in [0.15, 0.2) is 11.4 Å². The molecule has 2 heterocycles. The highest BCUT2D eigenvalue weighted by Crippen LogP contribution is 2.24. The third-order valence-corrected chi connectivity index (χ3v) is 5.23. The van der Waals surface area contributed by atoms with Crippen molar-refractivity contribution in [3.05, 3.63) is 11.5 Å². The van der Waals surface area contributed by atoms with Crippen molar-refractivity contribution in [3.63, 3.8) is 0 Å². The van der Waals surface area contributed by atoms with E-state index in [4.69, 9.17) is 11.6 Å². The monoisotopic (exact) mass is 279 g/mol. The zero-order chi connectivity index (χ0) is 12.6. The summed E-state index contributed by atoms with van der Waals surface area (Å²) in [5.74, 6) is 0. The smallest absolute Gasteiger partial charge is 0.263 e. The SMILES string of the molecule is Cn1cnc(S(=O)(=O)N2CCC(O)CC2)c1Cl. The van der Waals surface area contributed by atoms with Crippen LogP contribution in [0.2, 0.25) is 5.15 Å². The first-order chi connectivity index (χ1) is 7.93. The van der Waals surface area contributed by atoms with Crippen molar-refractivity contribution in [1.82, 2.24) is 13.9 Å². The van der Waals surface area contributed by atoms with Crippen LogP contribution < -0.4 is 0 Å². The van der Waals surface area contributed by atoms with Crippen LogP contribution >= 0.6 is 11.6 Å². The van der Waals surface area contributed by atoms with Crippen LogP contribution in [0.25, 0.3) is 0 Å². The molecule has 96 valence electrons. The molecule has 1 aromatic heterocycles. The highest BCUT2D eigenvalue weighted by Gasteiger charge is 2.32. The topological polar surface area (TPSA) is 75.4 Å². The van der Waals surface area contributed by atoms with Crippen LogP contribution in [0.5, 0.6) is 0 Å². The molecule has 1 aromatic rings. The first-order valence-corrected chi connectivity index (χ1v) is 7.10. The molecule has 6 nitrogen and oxygen atoms in total. The Morgan fingerprint density at radius 2 is 2.06 bits per heavy atom. The minimum atomic E-state index is -3.64. The maximum atomic E-state index is 12.2. The van der Waals surface area contributed by atoms with Gasteiger partial charge in [0.05, 0.1) is 12.4 Å². The average Bonchev–Trinajstić information content (AvgIpc) is 2.61. The lowest BCUT2D eigenvalue weighted by Gasteiger charge is -2.28. The molecule has 0 unspecified atom stereocenters. The third-order valence-electron chi connectivity index (χ3n) is 2.84. The van der Waals surface area contributed by atoms with Crippen LogP contribution in [0.4, 0.5) is 0 Å². The maximum absolute atomic E-state index is 12.2. The number of imidazole rings is 1. The largest absolute Gasteiger partial charge is 0.393 e. The van der Waals surface area contributed by atoms with Crippen molar-refractivity contribution in [2.45, 2.75) is 24.0 Å². The fourth-order valence-electron chi connectivity index (χ4n) is 1.77. The van der Waals surface area contributed by atoms with Gasteiger partial charge in [0.2, 0.25) is 5.03 Å². The van der Waals surface area contributed by atoms with Gasteiger partial charge in [0.15, 0.2) is 0 Å². The molecule has 1 aliphatic heterocycles. The zero-order valence-corrected chi connectivity index (χ0v) is 10.9. The van der Waals surface area contributed by atoms with Gasteiger partial charge in [-0.3, -0.25) is 0 Å². The molecule has 0 aliphatic carbocycles. The van der Waals surface area contributed by atoms with Gasteiger partial charge in [0, 0.05) is 20.1 Å². The van der Waals surface area contributed by atoms with Crippen molar-refractivity contribution in [2.24, 2.45) is 7.05 Å². The number of aliphatic hydroxyl groups is 1. The predicted octanol–water partition coefficient (Wildman–Crippen LogP) is 0.219. The van der Waals surface area contributed by atoms with Gasteiger partial charge in [-0.05, 0) is 12.8 Å². The molecule has 0 atom stereocenters. The molecule has 8 heteroatoms. The van der Waals surface area contributed by atoms with E-state index in [0.717, 1.165) is 0 Å². The molecule has 0 radical (unpaired) electrons. The van der Waals surface area contributed by atoms with E-state index in [2.05, 4.69) is 4.98 Å². The molecule has 1 N–H and O–H groups in total. The Kier molecular flexibility index (Phi) is 3.44. The summed E-state index contributed by atoms with van der Waals surface area (Å²) in [7, 11) is -2.00. The Balaban J connectivity index is 2.28. The summed E-state index contributed by atoms with van der Waals surface area (Å²) in [6.07, 6.45) is 1.85. The molecule has 2 rings (SSSR count). The van der Waals surface area contributed by atoms with Gasteiger partial charge in [-0.1, -0.05) is 11.6 Å². The highest BCUT2D eigenvalue weighted by atomic mass is 35.5. The van der Waals surface area contributed by atoms with Gasteiger partial charge in [0.25, 0.3) is 10.0 Å². The van der Waals surface area contributed by atoms with Crippen LogP contribution in [0.1, 0.15) is 12.8 Å². The second-order valence-corrected chi connectivity index (χ2v) is 6.30. The summed E-state index contributed by atoms with van der Waals surface area (Å²) in [5, 5.41) is 9.35. The lowest BCUT2D eigenvalue weighted by Crippen LogP contribution is -2.40. The summed E-state index contributed by atoms with van der Waals surface area (Å²) in [4.78, 5) is 3.82. The van der Waals surface area contributed by atoms with Gasteiger partial charge >= 0.3 is 0 Å². The number of nitrogens with zero attached hydrogens (tertiary/aromatic N) is 3. The van der Waals surface area contributed by atoms with Crippen molar-refractivity contribution in [2.75, 3.05) is 13.1 Å². The minimum Gasteiger partial charge on any atom is -0.393 e. The molecule has 17 heavy (non-hydrogen) atoms. The molecule has 1 fully saturated rings. The maximum Gasteiger partial charge on any atom is 0.263 e. The first kappa shape index (κ1) is 12.8. The molecule has 0 spiro atoms. The van der Waals surface area contributed by atoms with Gasteiger partial charge in [0.1, 0.15) is 5.15 Å². The van der Waals surface area contributed by atoms with Crippen molar-refractivity contribution in [3.8, 4) is 0 Å². The predicted molar refractivity (Wildman–Crippen MR) is 62.2 cm³/mol. The fourth-order valence-corrected chi connectivity index (χ4v) is 3.63. The normalized spacial score (nSPS) is 19.7. The number of sulfonamides is 1. The number of hydrogen-bond donors (Lipinski definition) is 1. The molecule has 0 amide bonds. The number of aliphatic hydroxyl groups excluding tert-OH is 1. The van der Waals surface area contributed by atoms with E-state index in [1.807, 2.05) is 0 Å². The average molecular weight is 280 g/mol. The first-order valence-electron chi connectivity index (χ1n) is 5.28. The lowest BCUT2D eigenvalue weighted by molar-refractivity contribution is 0.113. The summed E-state index contributed by atoms with van der Waals surface area (Å²) < 4.78 is 27.2. The quantitative estimate of drug-likeness (QED) is 0.840. The van der Waals surface area contributed by atoms with Crippen molar-refractivity contribution in [1.29, 1.82) is 0 Å². The molecular weight excluding hydrogens is 266 g/mol. The van der Waals surface area contributed by atoms with Gasteiger partial charge in [-0.15, -0.1) is 0 Å². The number of rotatable bonds is 2. The second kappa shape index (κ2) is 4.56. The Hall–Kier alpha value is -0.630. The fraction of sp³-hybridized carbons (Fsp3) is 0.667. The van der Waals surface area contributed by atoms with E-state index >= 15 is 0 Å². The lowest BCUT2D eigenvalue weighted by atomic mass is 10.1. The number of aromatic nitrogens is 2. The number of piperidine rings is 1. The molecule has 0 saturated carbocycles. The van der Waals surface area contributed by atoms with Crippen LogP contribution in [-0.2, 0) is 17.1 Å². The molecule has 1 aliphatic rings. The van der Waals surface area contributed by atoms with Crippen LogP contribution in [0.3, 0.4) is 0 Å². The number of halogens is 1. The van der Waals surface area contributed by atoms with Gasteiger partial charge in [-0.25, -0.2) is 13.4 Å². The summed E-state index contributed by atoms with van der Waals surface area (Å²) in [6, 6.07) is 0. The van der Waals surface area contributed by atoms with Gasteiger partial charge < -0.3 is 9.67 Å². The van der Waals surface area contributed by atoms with E-state index < -0.39 is 16.1 Å². The Labute approximate surface area is 105 Å². The van der Waals surface area contributed by atoms with E-state index in [0.29, 0.717) is 25.9 Å². The highest BCUT2D eigenvalue weighted by molar-refractivity contribution is 7.89. The molecular formula is C9H14ClN3O3S. The molecule has 0 bridgehead atoms. The van der Waals surface area contributed by atoms with E-state index in [-0.39, 0.29) is 10.2 Å².